The number of nitrogens with zero attached hydrogens (tertiary/aromatic N) is 2. The van der Waals surface area contributed by atoms with Crippen LogP contribution in [0.1, 0.15) is 39.5 Å². The van der Waals surface area contributed by atoms with Gasteiger partial charge < -0.3 is 15.5 Å². The average Bonchev–Trinajstić information content (AvgIpc) is 2.58. The largest absolute Gasteiger partial charge is 0.328 e. The van der Waals surface area contributed by atoms with Gasteiger partial charge in [0.25, 0.3) is 0 Å². The number of likely N-dealkylation sites (N-methyl/N-ethyl adjacent to an activating group) is 1. The molecule has 0 radical (unpaired) electrons. The van der Waals surface area contributed by atoms with Crippen LogP contribution in [-0.4, -0.2) is 47.5 Å². The van der Waals surface area contributed by atoms with Crippen molar-refractivity contribution in [3.63, 3.8) is 0 Å². The van der Waals surface area contributed by atoms with E-state index in [4.69, 9.17) is 5.73 Å². The molecule has 4 nitrogen and oxygen atoms in total. The molecule has 2 rings (SSSR count). The normalized spacial score (nSPS) is 34.9. The van der Waals surface area contributed by atoms with Crippen molar-refractivity contribution >= 4 is 6.03 Å². The Labute approximate surface area is 104 Å². The first kappa shape index (κ1) is 12.7. The van der Waals surface area contributed by atoms with Crippen molar-refractivity contribution in [2.75, 3.05) is 13.6 Å². The van der Waals surface area contributed by atoms with Gasteiger partial charge in [0.2, 0.25) is 0 Å². The van der Waals surface area contributed by atoms with Gasteiger partial charge in [0.05, 0.1) is 6.04 Å². The number of nitrogens with two attached hydrogens (primary N) is 1. The molecule has 98 valence electrons. The Kier molecular flexibility index (Phi) is 3.61. The second kappa shape index (κ2) is 4.84. The number of carbonyl (C=O) groups excluding carboxylic acids is 1. The highest BCUT2D eigenvalue weighted by Crippen LogP contribution is 2.28. The first-order valence-electron chi connectivity index (χ1n) is 6.79. The summed E-state index contributed by atoms with van der Waals surface area (Å²) in [7, 11) is 1.93. The van der Waals surface area contributed by atoms with Gasteiger partial charge in [-0.25, -0.2) is 4.79 Å². The van der Waals surface area contributed by atoms with Gasteiger partial charge in [-0.3, -0.25) is 0 Å². The third-order valence-corrected chi connectivity index (χ3v) is 4.38. The highest BCUT2D eigenvalue weighted by atomic mass is 16.2. The number of urea groups is 1. The summed E-state index contributed by atoms with van der Waals surface area (Å²) in [6.07, 6.45) is 4.27. The Bertz CT molecular complexity index is 284. The number of carbonyl (C=O) groups is 1. The summed E-state index contributed by atoms with van der Waals surface area (Å²) < 4.78 is 0. The second-order valence-electron chi connectivity index (χ2n) is 5.93. The molecule has 2 fully saturated rings. The predicted octanol–water partition coefficient (Wildman–Crippen LogP) is 1.65. The highest BCUT2D eigenvalue weighted by molar-refractivity contribution is 5.77. The fourth-order valence-corrected chi connectivity index (χ4v) is 3.12. The van der Waals surface area contributed by atoms with Gasteiger partial charge >= 0.3 is 6.03 Å². The third-order valence-electron chi connectivity index (χ3n) is 4.38. The van der Waals surface area contributed by atoms with Crippen LogP contribution in [-0.2, 0) is 0 Å². The highest BCUT2D eigenvalue weighted by Gasteiger charge is 2.40. The number of hydrogen-bond donors (Lipinski definition) is 1. The van der Waals surface area contributed by atoms with Gasteiger partial charge in [0, 0.05) is 25.7 Å². The summed E-state index contributed by atoms with van der Waals surface area (Å²) in [5.74, 6) is 0.528. The number of rotatable bonds is 2. The standard InChI is InChI=1S/C13H25N3O/c1-9(2)12-8-16(13(17)15(12)3)11-6-4-10(14)5-7-11/h9-12H,4-8,14H2,1-3H3. The van der Waals surface area contributed by atoms with E-state index in [9.17, 15) is 4.79 Å². The van der Waals surface area contributed by atoms with Gasteiger partial charge in [-0.1, -0.05) is 13.8 Å². The Morgan fingerprint density at radius 2 is 1.82 bits per heavy atom. The molecule has 0 aromatic heterocycles. The van der Waals surface area contributed by atoms with Gasteiger partial charge in [0.15, 0.2) is 0 Å². The van der Waals surface area contributed by atoms with Crippen LogP contribution >= 0.6 is 0 Å². The molecule has 2 amide bonds. The van der Waals surface area contributed by atoms with Gasteiger partial charge in [-0.15, -0.1) is 0 Å². The molecule has 1 atom stereocenters. The van der Waals surface area contributed by atoms with E-state index < -0.39 is 0 Å². The maximum atomic E-state index is 12.2. The Morgan fingerprint density at radius 3 is 2.29 bits per heavy atom. The first-order valence-corrected chi connectivity index (χ1v) is 6.79. The van der Waals surface area contributed by atoms with E-state index in [1.165, 1.54) is 0 Å². The SMILES string of the molecule is CC(C)C1CN(C2CCC(N)CC2)C(=O)N1C. The van der Waals surface area contributed by atoms with Gasteiger partial charge in [-0.2, -0.15) is 0 Å². The molecule has 2 N–H and O–H groups in total. The Balaban J connectivity index is 2.00. The molecule has 2 aliphatic rings. The first-order chi connectivity index (χ1) is 8.00. The summed E-state index contributed by atoms with van der Waals surface area (Å²) in [4.78, 5) is 16.2. The lowest BCUT2D eigenvalue weighted by Gasteiger charge is -2.33. The van der Waals surface area contributed by atoms with Crippen molar-refractivity contribution in [1.82, 2.24) is 9.80 Å². The van der Waals surface area contributed by atoms with E-state index in [2.05, 4.69) is 18.7 Å². The van der Waals surface area contributed by atoms with Crippen LogP contribution in [0.25, 0.3) is 0 Å². The zero-order valence-electron chi connectivity index (χ0n) is 11.2. The van der Waals surface area contributed by atoms with Crippen LogP contribution in [0.2, 0.25) is 0 Å². The predicted molar refractivity (Wildman–Crippen MR) is 68.7 cm³/mol. The van der Waals surface area contributed by atoms with Crippen LogP contribution in [0.3, 0.4) is 0 Å². The summed E-state index contributed by atoms with van der Waals surface area (Å²) in [6, 6.07) is 1.36. The van der Waals surface area contributed by atoms with Crippen LogP contribution in [0.5, 0.6) is 0 Å². The molecule has 1 saturated carbocycles. The van der Waals surface area contributed by atoms with Crippen LogP contribution in [0, 0.1) is 5.92 Å². The zero-order chi connectivity index (χ0) is 12.6. The van der Waals surface area contributed by atoms with Crippen molar-refractivity contribution in [3.05, 3.63) is 0 Å². The molecular formula is C13H25N3O. The van der Waals surface area contributed by atoms with E-state index in [0.29, 0.717) is 24.0 Å². The van der Waals surface area contributed by atoms with Crippen molar-refractivity contribution in [2.24, 2.45) is 11.7 Å². The smallest absolute Gasteiger partial charge is 0.320 e. The summed E-state index contributed by atoms with van der Waals surface area (Å²) in [5, 5.41) is 0. The minimum absolute atomic E-state index is 0.212. The lowest BCUT2D eigenvalue weighted by atomic mass is 9.90. The molecule has 4 heteroatoms. The molecule has 1 aliphatic heterocycles. The molecule has 0 bridgehead atoms. The van der Waals surface area contributed by atoms with Gasteiger partial charge in [-0.05, 0) is 31.6 Å². The summed E-state index contributed by atoms with van der Waals surface area (Å²) in [5.41, 5.74) is 5.92. The van der Waals surface area contributed by atoms with Crippen molar-refractivity contribution < 1.29 is 4.79 Å². The molecule has 17 heavy (non-hydrogen) atoms. The molecule has 0 aromatic rings. The van der Waals surface area contributed by atoms with Crippen LogP contribution in [0.15, 0.2) is 0 Å². The summed E-state index contributed by atoms with van der Waals surface area (Å²) in [6.45, 7) is 5.27. The van der Waals surface area contributed by atoms with E-state index in [1.807, 2.05) is 11.9 Å². The van der Waals surface area contributed by atoms with E-state index >= 15 is 0 Å². The van der Waals surface area contributed by atoms with E-state index in [0.717, 1.165) is 32.2 Å². The third kappa shape index (κ3) is 2.41. The second-order valence-corrected chi connectivity index (χ2v) is 5.93. The average molecular weight is 239 g/mol. The maximum Gasteiger partial charge on any atom is 0.320 e. The Hall–Kier alpha value is -0.770. The minimum Gasteiger partial charge on any atom is -0.328 e. The van der Waals surface area contributed by atoms with Crippen molar-refractivity contribution in [1.29, 1.82) is 0 Å². The van der Waals surface area contributed by atoms with Crippen LogP contribution in [0.4, 0.5) is 4.79 Å². The fourth-order valence-electron chi connectivity index (χ4n) is 3.12. The zero-order valence-corrected chi connectivity index (χ0v) is 11.2. The van der Waals surface area contributed by atoms with Crippen molar-refractivity contribution in [2.45, 2.75) is 57.7 Å². The molecule has 0 aromatic carbocycles. The van der Waals surface area contributed by atoms with Crippen molar-refractivity contribution in [3.8, 4) is 0 Å². The monoisotopic (exact) mass is 239 g/mol. The lowest BCUT2D eigenvalue weighted by Crippen LogP contribution is -2.42. The number of amides is 2. The number of hydrogen-bond acceptors (Lipinski definition) is 2. The van der Waals surface area contributed by atoms with E-state index in [-0.39, 0.29) is 6.03 Å². The molecule has 0 spiro atoms. The molecule has 1 unspecified atom stereocenters. The lowest BCUT2D eigenvalue weighted by molar-refractivity contribution is 0.163. The summed E-state index contributed by atoms with van der Waals surface area (Å²) >= 11 is 0. The maximum absolute atomic E-state index is 12.2. The van der Waals surface area contributed by atoms with Crippen LogP contribution < -0.4 is 5.73 Å². The fraction of sp³-hybridized carbons (Fsp3) is 0.923. The molecule has 1 aliphatic carbocycles. The molecular weight excluding hydrogens is 214 g/mol. The topological polar surface area (TPSA) is 49.6 Å². The van der Waals surface area contributed by atoms with E-state index in [1.54, 1.807) is 0 Å². The Morgan fingerprint density at radius 1 is 1.24 bits per heavy atom. The molecule has 1 saturated heterocycles. The molecule has 1 heterocycles. The minimum atomic E-state index is 0.212. The quantitative estimate of drug-likeness (QED) is 0.796. The van der Waals surface area contributed by atoms with Gasteiger partial charge in [0.1, 0.15) is 0 Å².